The fourth-order valence-corrected chi connectivity index (χ4v) is 2.31. The third-order valence-corrected chi connectivity index (χ3v) is 3.63. The molecular formula is C13H15BrFNO. The van der Waals surface area contributed by atoms with Gasteiger partial charge >= 0.3 is 0 Å². The summed E-state index contributed by atoms with van der Waals surface area (Å²) < 4.78 is 13.7. The van der Waals surface area contributed by atoms with E-state index in [1.54, 1.807) is 6.07 Å². The van der Waals surface area contributed by atoms with Gasteiger partial charge in [-0.3, -0.25) is 4.79 Å². The van der Waals surface area contributed by atoms with E-state index in [4.69, 9.17) is 0 Å². The Morgan fingerprint density at radius 2 is 2.29 bits per heavy atom. The van der Waals surface area contributed by atoms with Crippen LogP contribution < -0.4 is 5.32 Å². The number of carbonyl (C=O) groups excluding carboxylic acids is 1. The fourth-order valence-electron chi connectivity index (χ4n) is 1.89. The predicted octanol–water partition coefficient (Wildman–Crippen LogP) is 3.51. The average molecular weight is 300 g/mol. The molecule has 1 amide bonds. The Bertz CT molecular complexity index is 431. The molecule has 1 atom stereocenters. The standard InChI is InChI=1S/C13H15BrFNO/c1-8(6-9-2-3-9)16-13(17)11-7-10(15)4-5-12(11)14/h4-5,7-9H,2-3,6H2,1H3,(H,16,17). The molecule has 1 aliphatic rings. The van der Waals surface area contributed by atoms with Crippen molar-refractivity contribution in [1.82, 2.24) is 5.32 Å². The number of hydrogen-bond donors (Lipinski definition) is 1. The van der Waals surface area contributed by atoms with Crippen LogP contribution in [0.3, 0.4) is 0 Å². The van der Waals surface area contributed by atoms with E-state index in [2.05, 4.69) is 21.2 Å². The first kappa shape index (κ1) is 12.6. The van der Waals surface area contributed by atoms with Crippen LogP contribution >= 0.6 is 15.9 Å². The van der Waals surface area contributed by atoms with E-state index >= 15 is 0 Å². The number of benzene rings is 1. The van der Waals surface area contributed by atoms with E-state index in [0.29, 0.717) is 10.0 Å². The van der Waals surface area contributed by atoms with Crippen molar-refractivity contribution in [2.75, 3.05) is 0 Å². The Hall–Kier alpha value is -0.900. The van der Waals surface area contributed by atoms with E-state index in [1.807, 2.05) is 6.92 Å². The summed E-state index contributed by atoms with van der Waals surface area (Å²) in [5.74, 6) is 0.152. The zero-order chi connectivity index (χ0) is 12.4. The molecular weight excluding hydrogens is 285 g/mol. The number of nitrogens with one attached hydrogen (secondary N) is 1. The van der Waals surface area contributed by atoms with Gasteiger partial charge in [0, 0.05) is 10.5 Å². The van der Waals surface area contributed by atoms with Crippen LogP contribution in [0.5, 0.6) is 0 Å². The van der Waals surface area contributed by atoms with Crippen molar-refractivity contribution < 1.29 is 9.18 Å². The smallest absolute Gasteiger partial charge is 0.252 e. The predicted molar refractivity (Wildman–Crippen MR) is 68.4 cm³/mol. The minimum Gasteiger partial charge on any atom is -0.350 e. The van der Waals surface area contributed by atoms with Crippen molar-refractivity contribution in [3.05, 3.63) is 34.1 Å². The number of amides is 1. The first-order chi connectivity index (χ1) is 8.06. The molecule has 1 saturated carbocycles. The first-order valence-corrected chi connectivity index (χ1v) is 6.61. The highest BCUT2D eigenvalue weighted by molar-refractivity contribution is 9.10. The molecule has 1 aromatic carbocycles. The molecule has 1 unspecified atom stereocenters. The van der Waals surface area contributed by atoms with Gasteiger partial charge in [-0.05, 0) is 53.4 Å². The SMILES string of the molecule is CC(CC1CC1)NC(=O)c1cc(F)ccc1Br. The molecule has 0 heterocycles. The van der Waals surface area contributed by atoms with Gasteiger partial charge < -0.3 is 5.32 Å². The van der Waals surface area contributed by atoms with Gasteiger partial charge in [0.05, 0.1) is 5.56 Å². The first-order valence-electron chi connectivity index (χ1n) is 5.82. The molecule has 0 spiro atoms. The van der Waals surface area contributed by atoms with Gasteiger partial charge in [-0.2, -0.15) is 0 Å². The quantitative estimate of drug-likeness (QED) is 0.906. The van der Waals surface area contributed by atoms with Crippen molar-refractivity contribution in [3.63, 3.8) is 0 Å². The topological polar surface area (TPSA) is 29.1 Å². The molecule has 0 saturated heterocycles. The summed E-state index contributed by atoms with van der Waals surface area (Å²) in [5, 5.41) is 2.90. The summed E-state index contributed by atoms with van der Waals surface area (Å²) in [7, 11) is 0. The minimum atomic E-state index is -0.395. The van der Waals surface area contributed by atoms with E-state index in [-0.39, 0.29) is 11.9 Å². The molecule has 0 aliphatic heterocycles. The molecule has 17 heavy (non-hydrogen) atoms. The van der Waals surface area contributed by atoms with Gasteiger partial charge in [0.15, 0.2) is 0 Å². The molecule has 1 aliphatic carbocycles. The number of hydrogen-bond acceptors (Lipinski definition) is 1. The third-order valence-electron chi connectivity index (χ3n) is 2.93. The summed E-state index contributed by atoms with van der Waals surface area (Å²) in [6, 6.07) is 4.28. The summed E-state index contributed by atoms with van der Waals surface area (Å²) in [5.41, 5.74) is 0.354. The number of carbonyl (C=O) groups is 1. The lowest BCUT2D eigenvalue weighted by atomic mass is 10.1. The van der Waals surface area contributed by atoms with E-state index < -0.39 is 5.82 Å². The van der Waals surface area contributed by atoms with Crippen LogP contribution in [0.4, 0.5) is 4.39 Å². The van der Waals surface area contributed by atoms with Crippen LogP contribution in [0.15, 0.2) is 22.7 Å². The summed E-state index contributed by atoms with van der Waals surface area (Å²) in [6.45, 7) is 1.99. The second-order valence-electron chi connectivity index (χ2n) is 4.68. The van der Waals surface area contributed by atoms with Crippen LogP contribution in [0.2, 0.25) is 0 Å². The zero-order valence-corrected chi connectivity index (χ0v) is 11.3. The van der Waals surface area contributed by atoms with E-state index in [9.17, 15) is 9.18 Å². The van der Waals surface area contributed by atoms with Gasteiger partial charge in [0.1, 0.15) is 5.82 Å². The second-order valence-corrected chi connectivity index (χ2v) is 5.53. The molecule has 92 valence electrons. The fraction of sp³-hybridized carbons (Fsp3) is 0.462. The van der Waals surface area contributed by atoms with E-state index in [1.165, 1.54) is 25.0 Å². The van der Waals surface area contributed by atoms with Crippen LogP contribution in [-0.2, 0) is 0 Å². The maximum absolute atomic E-state index is 13.1. The molecule has 0 aromatic heterocycles. The van der Waals surface area contributed by atoms with Crippen LogP contribution in [0.1, 0.15) is 36.5 Å². The van der Waals surface area contributed by atoms with Gasteiger partial charge in [-0.1, -0.05) is 12.8 Å². The lowest BCUT2D eigenvalue weighted by Crippen LogP contribution is -2.33. The normalized spacial score (nSPS) is 16.6. The highest BCUT2D eigenvalue weighted by atomic mass is 79.9. The minimum absolute atomic E-state index is 0.144. The van der Waals surface area contributed by atoms with E-state index in [0.717, 1.165) is 12.3 Å². The Morgan fingerprint density at radius 1 is 1.59 bits per heavy atom. The van der Waals surface area contributed by atoms with Gasteiger partial charge in [-0.25, -0.2) is 4.39 Å². The van der Waals surface area contributed by atoms with Gasteiger partial charge in [0.25, 0.3) is 5.91 Å². The van der Waals surface area contributed by atoms with Gasteiger partial charge in [0.2, 0.25) is 0 Å². The molecule has 1 aromatic rings. The third kappa shape index (κ3) is 3.53. The maximum atomic E-state index is 13.1. The molecule has 0 bridgehead atoms. The molecule has 2 nitrogen and oxygen atoms in total. The molecule has 0 radical (unpaired) electrons. The number of rotatable bonds is 4. The van der Waals surface area contributed by atoms with Crippen molar-refractivity contribution in [2.45, 2.75) is 32.2 Å². The van der Waals surface area contributed by atoms with Crippen molar-refractivity contribution in [3.8, 4) is 0 Å². The molecule has 2 rings (SSSR count). The van der Waals surface area contributed by atoms with Crippen LogP contribution in [0, 0.1) is 11.7 Å². The van der Waals surface area contributed by atoms with Crippen molar-refractivity contribution >= 4 is 21.8 Å². The Labute approximate surface area is 109 Å². The molecule has 4 heteroatoms. The van der Waals surface area contributed by atoms with Crippen molar-refractivity contribution in [2.24, 2.45) is 5.92 Å². The Morgan fingerprint density at radius 3 is 2.94 bits per heavy atom. The lowest BCUT2D eigenvalue weighted by molar-refractivity contribution is 0.0936. The molecule has 1 fully saturated rings. The Balaban J connectivity index is 2.00. The summed E-state index contributed by atoms with van der Waals surface area (Å²) in [6.07, 6.45) is 3.55. The average Bonchev–Trinajstić information content (AvgIpc) is 3.05. The van der Waals surface area contributed by atoms with Crippen molar-refractivity contribution in [1.29, 1.82) is 0 Å². The summed E-state index contributed by atoms with van der Waals surface area (Å²) >= 11 is 3.26. The zero-order valence-electron chi connectivity index (χ0n) is 9.67. The summed E-state index contributed by atoms with van der Waals surface area (Å²) in [4.78, 5) is 11.9. The highest BCUT2D eigenvalue weighted by Gasteiger charge is 2.24. The largest absolute Gasteiger partial charge is 0.350 e. The lowest BCUT2D eigenvalue weighted by Gasteiger charge is -2.14. The molecule has 1 N–H and O–H groups in total. The number of halogens is 2. The second kappa shape index (κ2) is 5.17. The maximum Gasteiger partial charge on any atom is 0.252 e. The Kier molecular flexibility index (Phi) is 3.82. The van der Waals surface area contributed by atoms with Crippen LogP contribution in [0.25, 0.3) is 0 Å². The highest BCUT2D eigenvalue weighted by Crippen LogP contribution is 2.33. The van der Waals surface area contributed by atoms with Crippen LogP contribution in [-0.4, -0.2) is 11.9 Å². The monoisotopic (exact) mass is 299 g/mol. The van der Waals surface area contributed by atoms with Gasteiger partial charge in [-0.15, -0.1) is 0 Å².